The fourth-order valence-electron chi connectivity index (χ4n) is 2.78. The Morgan fingerprint density at radius 3 is 2.70 bits per heavy atom. The van der Waals surface area contributed by atoms with Crippen LogP contribution in [0.5, 0.6) is 0 Å². The van der Waals surface area contributed by atoms with Crippen molar-refractivity contribution in [2.75, 3.05) is 18.0 Å². The van der Waals surface area contributed by atoms with E-state index in [9.17, 15) is 9.18 Å². The molecule has 1 aromatic heterocycles. The maximum Gasteiger partial charge on any atom is 0.230 e. The van der Waals surface area contributed by atoms with Gasteiger partial charge in [0.2, 0.25) is 5.91 Å². The minimum atomic E-state index is -0.395. The smallest absolute Gasteiger partial charge is 0.230 e. The van der Waals surface area contributed by atoms with E-state index in [0.29, 0.717) is 30.4 Å². The summed E-state index contributed by atoms with van der Waals surface area (Å²) in [5.41, 5.74) is 0. The molecule has 0 aliphatic carbocycles. The van der Waals surface area contributed by atoms with E-state index in [1.165, 1.54) is 12.3 Å². The van der Waals surface area contributed by atoms with Gasteiger partial charge in [-0.2, -0.15) is 0 Å². The van der Waals surface area contributed by atoms with Gasteiger partial charge in [0.25, 0.3) is 0 Å². The summed E-state index contributed by atoms with van der Waals surface area (Å²) in [5.74, 6) is 0.100. The van der Waals surface area contributed by atoms with E-state index in [-0.39, 0.29) is 11.9 Å². The number of rotatable bonds is 2. The van der Waals surface area contributed by atoms with Crippen molar-refractivity contribution in [3.05, 3.63) is 35.4 Å². The summed E-state index contributed by atoms with van der Waals surface area (Å²) in [7, 11) is 0. The molecule has 0 saturated carbocycles. The molecule has 3 rings (SSSR count). The quantitative estimate of drug-likeness (QED) is 0.841. The summed E-state index contributed by atoms with van der Waals surface area (Å²) in [6.07, 6.45) is 7.34. The second-order valence-electron chi connectivity index (χ2n) is 5.07. The summed E-state index contributed by atoms with van der Waals surface area (Å²) in [4.78, 5) is 19.5. The third kappa shape index (κ3) is 2.50. The average Bonchev–Trinajstić information content (AvgIpc) is 2.85. The Morgan fingerprint density at radius 2 is 2.10 bits per heavy atom. The zero-order valence-corrected chi connectivity index (χ0v) is 11.7. The van der Waals surface area contributed by atoms with Crippen LogP contribution in [0.2, 0.25) is 5.02 Å². The number of carbonyl (C=O) groups excluding carboxylic acids is 1. The Morgan fingerprint density at radius 1 is 1.35 bits per heavy atom. The van der Waals surface area contributed by atoms with Gasteiger partial charge in [-0.3, -0.25) is 4.79 Å². The van der Waals surface area contributed by atoms with Crippen molar-refractivity contribution in [1.29, 1.82) is 0 Å². The number of pyridine rings is 1. The molecule has 0 spiro atoms. The highest BCUT2D eigenvalue weighted by molar-refractivity contribution is 6.30. The van der Waals surface area contributed by atoms with Gasteiger partial charge >= 0.3 is 0 Å². The minimum absolute atomic E-state index is 0.152. The number of aromatic nitrogens is 1. The summed E-state index contributed by atoms with van der Waals surface area (Å²) in [6, 6.07) is 1.50. The van der Waals surface area contributed by atoms with Crippen molar-refractivity contribution in [2.45, 2.75) is 25.3 Å². The van der Waals surface area contributed by atoms with Crippen molar-refractivity contribution in [3.8, 4) is 0 Å². The maximum atomic E-state index is 13.8. The van der Waals surface area contributed by atoms with E-state index in [1.54, 1.807) is 0 Å². The molecule has 6 heteroatoms. The van der Waals surface area contributed by atoms with Crippen LogP contribution >= 0.6 is 11.6 Å². The van der Waals surface area contributed by atoms with Crippen molar-refractivity contribution in [1.82, 2.24) is 9.88 Å². The normalized spacial score (nSPS) is 20.0. The van der Waals surface area contributed by atoms with Gasteiger partial charge < -0.3 is 9.80 Å². The first-order valence-corrected chi connectivity index (χ1v) is 7.07. The molecular formula is C14H15ClFN3O. The lowest BCUT2D eigenvalue weighted by Crippen LogP contribution is -2.44. The summed E-state index contributed by atoms with van der Waals surface area (Å²) >= 11 is 5.71. The first kappa shape index (κ1) is 13.4. The monoisotopic (exact) mass is 295 g/mol. The van der Waals surface area contributed by atoms with E-state index in [1.807, 2.05) is 22.1 Å². The largest absolute Gasteiger partial charge is 0.354 e. The van der Waals surface area contributed by atoms with Crippen molar-refractivity contribution >= 4 is 23.3 Å². The van der Waals surface area contributed by atoms with Crippen LogP contribution in [0.15, 0.2) is 24.5 Å². The highest BCUT2D eigenvalue weighted by atomic mass is 35.5. The molecule has 0 bridgehead atoms. The predicted octanol–water partition coefficient (Wildman–Crippen LogP) is 2.59. The summed E-state index contributed by atoms with van der Waals surface area (Å²) < 4.78 is 13.8. The molecule has 1 fully saturated rings. The molecule has 2 aliphatic heterocycles. The first-order chi connectivity index (χ1) is 9.65. The van der Waals surface area contributed by atoms with Crippen LogP contribution in [0.4, 0.5) is 10.2 Å². The van der Waals surface area contributed by atoms with Gasteiger partial charge in [-0.05, 0) is 18.9 Å². The lowest BCUT2D eigenvalue weighted by Gasteiger charge is -2.36. The Bertz CT molecular complexity index is 555. The van der Waals surface area contributed by atoms with E-state index < -0.39 is 5.82 Å². The Hall–Kier alpha value is -1.62. The highest BCUT2D eigenvalue weighted by Gasteiger charge is 2.29. The van der Waals surface area contributed by atoms with E-state index in [4.69, 9.17) is 11.6 Å². The molecule has 2 aliphatic rings. The van der Waals surface area contributed by atoms with Crippen LogP contribution in [0.3, 0.4) is 0 Å². The van der Waals surface area contributed by atoms with E-state index in [0.717, 1.165) is 12.8 Å². The van der Waals surface area contributed by atoms with E-state index >= 15 is 0 Å². The van der Waals surface area contributed by atoms with Crippen molar-refractivity contribution < 1.29 is 9.18 Å². The fraction of sp³-hybridized carbons (Fsp3) is 0.429. The highest BCUT2D eigenvalue weighted by Crippen LogP contribution is 2.26. The standard InChI is InChI=1S/C14H15ClFN3O/c15-10-8-12(16)14(17-9-10)18-6-3-11(4-7-18)19-5-1-2-13(19)20/h1,5,8-9,11H,2-4,6-7H2. The number of halogens is 2. The molecule has 0 radical (unpaired) electrons. The van der Waals surface area contributed by atoms with Gasteiger partial charge in [0, 0.05) is 37.9 Å². The number of hydrogen-bond donors (Lipinski definition) is 0. The molecular weight excluding hydrogens is 281 g/mol. The minimum Gasteiger partial charge on any atom is -0.354 e. The lowest BCUT2D eigenvalue weighted by atomic mass is 10.0. The predicted molar refractivity (Wildman–Crippen MR) is 75.0 cm³/mol. The first-order valence-electron chi connectivity index (χ1n) is 6.69. The SMILES string of the molecule is O=C1CC=CN1C1CCN(c2ncc(Cl)cc2F)CC1. The number of piperidine rings is 1. The summed E-state index contributed by atoms with van der Waals surface area (Å²) in [5, 5.41) is 0.300. The van der Waals surface area contributed by atoms with E-state index in [2.05, 4.69) is 4.98 Å². The molecule has 3 heterocycles. The van der Waals surface area contributed by atoms with Gasteiger partial charge in [-0.1, -0.05) is 17.7 Å². The molecule has 1 aromatic rings. The zero-order chi connectivity index (χ0) is 14.1. The third-order valence-corrected chi connectivity index (χ3v) is 4.00. The van der Waals surface area contributed by atoms with Crippen LogP contribution in [-0.4, -0.2) is 34.9 Å². The Balaban J connectivity index is 1.66. The molecule has 0 aromatic carbocycles. The van der Waals surface area contributed by atoms with Gasteiger partial charge in [0.1, 0.15) is 0 Å². The topological polar surface area (TPSA) is 36.4 Å². The molecule has 0 unspecified atom stereocenters. The number of carbonyl (C=O) groups is 1. The molecule has 1 amide bonds. The van der Waals surface area contributed by atoms with Crippen LogP contribution in [0.1, 0.15) is 19.3 Å². The molecule has 1 saturated heterocycles. The number of hydrogen-bond acceptors (Lipinski definition) is 3. The number of nitrogens with zero attached hydrogens (tertiary/aromatic N) is 3. The Kier molecular flexibility index (Phi) is 3.61. The molecule has 20 heavy (non-hydrogen) atoms. The lowest BCUT2D eigenvalue weighted by molar-refractivity contribution is -0.128. The summed E-state index contributed by atoms with van der Waals surface area (Å²) in [6.45, 7) is 1.38. The second kappa shape index (κ2) is 5.40. The van der Waals surface area contributed by atoms with Crippen LogP contribution in [0.25, 0.3) is 0 Å². The maximum absolute atomic E-state index is 13.8. The van der Waals surface area contributed by atoms with Crippen LogP contribution < -0.4 is 4.90 Å². The molecule has 0 N–H and O–H groups in total. The zero-order valence-electron chi connectivity index (χ0n) is 10.9. The van der Waals surface area contributed by atoms with Crippen LogP contribution in [-0.2, 0) is 4.79 Å². The fourth-order valence-corrected chi connectivity index (χ4v) is 2.92. The third-order valence-electron chi connectivity index (χ3n) is 3.79. The van der Waals surface area contributed by atoms with Gasteiger partial charge in [-0.25, -0.2) is 9.37 Å². The number of anilines is 1. The molecule has 106 valence electrons. The second-order valence-corrected chi connectivity index (χ2v) is 5.50. The van der Waals surface area contributed by atoms with Gasteiger partial charge in [0.05, 0.1) is 5.02 Å². The van der Waals surface area contributed by atoms with Gasteiger partial charge in [0.15, 0.2) is 11.6 Å². The number of amides is 1. The molecule has 4 nitrogen and oxygen atoms in total. The Labute approximate surface area is 121 Å². The van der Waals surface area contributed by atoms with Crippen molar-refractivity contribution in [3.63, 3.8) is 0 Å². The molecule has 0 atom stereocenters. The average molecular weight is 296 g/mol. The van der Waals surface area contributed by atoms with Crippen LogP contribution in [0, 0.1) is 5.82 Å². The van der Waals surface area contributed by atoms with Crippen molar-refractivity contribution in [2.24, 2.45) is 0 Å². The van der Waals surface area contributed by atoms with Gasteiger partial charge in [-0.15, -0.1) is 0 Å².